The molecule has 2 heteroatoms. The van der Waals surface area contributed by atoms with Gasteiger partial charge >= 0.3 is 0 Å². The van der Waals surface area contributed by atoms with Gasteiger partial charge in [-0.05, 0) is 84.3 Å². The lowest BCUT2D eigenvalue weighted by Crippen LogP contribution is -2.15. The van der Waals surface area contributed by atoms with Crippen molar-refractivity contribution in [3.63, 3.8) is 0 Å². The fraction of sp³-hybridized carbons (Fsp3) is 0.907. The van der Waals surface area contributed by atoms with Gasteiger partial charge in [-0.1, -0.05) is 179 Å². The predicted molar refractivity (Wildman–Crippen MR) is 206 cm³/mol. The molecule has 0 radical (unpaired) electrons. The van der Waals surface area contributed by atoms with Gasteiger partial charge in [-0.15, -0.1) is 0 Å². The molecule has 1 unspecified atom stereocenters. The largest absolute Gasteiger partial charge is 0.381 e. The lowest BCUT2D eigenvalue weighted by Gasteiger charge is -2.18. The van der Waals surface area contributed by atoms with E-state index in [0.29, 0.717) is 0 Å². The van der Waals surface area contributed by atoms with Crippen molar-refractivity contribution in [1.82, 2.24) is 4.90 Å². The Labute approximate surface area is 286 Å². The topological polar surface area (TPSA) is 12.5 Å². The van der Waals surface area contributed by atoms with E-state index in [1.807, 2.05) is 0 Å². The highest BCUT2D eigenvalue weighted by molar-refractivity contribution is 4.92. The smallest absolute Gasteiger partial charge is 0.0468 e. The Bertz CT molecular complexity index is 582. The van der Waals surface area contributed by atoms with Crippen LogP contribution < -0.4 is 0 Å². The Morgan fingerprint density at radius 3 is 1.38 bits per heavy atom. The van der Waals surface area contributed by atoms with Crippen LogP contribution in [0.5, 0.6) is 0 Å². The summed E-state index contributed by atoms with van der Waals surface area (Å²) in [5, 5.41) is 0. The lowest BCUT2D eigenvalue weighted by atomic mass is 9.93. The van der Waals surface area contributed by atoms with Gasteiger partial charge in [0, 0.05) is 13.2 Å². The zero-order chi connectivity index (χ0) is 32.7. The average molecular weight is 632 g/mol. The predicted octanol–water partition coefficient (Wildman–Crippen LogP) is 14.4. The van der Waals surface area contributed by atoms with Crippen LogP contribution in [0.1, 0.15) is 213 Å². The molecular weight excluding hydrogens is 546 g/mol. The highest BCUT2D eigenvalue weighted by Crippen LogP contribution is 2.21. The Morgan fingerprint density at radius 1 is 0.422 bits per heavy atom. The van der Waals surface area contributed by atoms with E-state index in [1.54, 1.807) is 0 Å². The third-order valence-electron chi connectivity index (χ3n) is 9.59. The number of nitrogens with zero attached hydrogens (tertiary/aromatic N) is 1. The van der Waals surface area contributed by atoms with E-state index in [0.717, 1.165) is 25.6 Å². The first-order valence-electron chi connectivity index (χ1n) is 20.7. The summed E-state index contributed by atoms with van der Waals surface area (Å²) in [6, 6.07) is 0. The Kier molecular flexibility index (Phi) is 39.1. The van der Waals surface area contributed by atoms with Crippen molar-refractivity contribution in [2.24, 2.45) is 5.92 Å². The third kappa shape index (κ3) is 39.5. The summed E-state index contributed by atoms with van der Waals surface area (Å²) in [6.45, 7) is 7.76. The standard InChI is InChI=1S/C43H85NO/c1-5-7-9-11-13-15-17-19-21-23-25-27-29-31-33-35-41-45-42-39-43(38-36-40-44(3)4)37-34-32-30-28-26-24-22-20-18-16-14-12-10-8-6-2/h14,16,20,22,43H,5-13,15,17-19,21,23-42H2,1-4H3/b16-14-,22-20-. The van der Waals surface area contributed by atoms with Gasteiger partial charge in [0.15, 0.2) is 0 Å². The third-order valence-corrected chi connectivity index (χ3v) is 9.59. The molecule has 0 rings (SSSR count). The number of hydrogen-bond acceptors (Lipinski definition) is 2. The molecule has 0 aliphatic heterocycles. The van der Waals surface area contributed by atoms with Crippen molar-refractivity contribution in [2.45, 2.75) is 213 Å². The van der Waals surface area contributed by atoms with E-state index in [9.17, 15) is 0 Å². The quantitative estimate of drug-likeness (QED) is 0.0496. The molecule has 0 aliphatic carbocycles. The SMILES string of the molecule is CCCCC/C=C\C/C=C\CCCCCCCC(CCCN(C)C)CCOCCCCCCCCCCCCCCCCCC. The molecule has 0 saturated heterocycles. The minimum absolute atomic E-state index is 0.855. The van der Waals surface area contributed by atoms with Crippen molar-refractivity contribution in [3.05, 3.63) is 24.3 Å². The van der Waals surface area contributed by atoms with Crippen LogP contribution in [0.3, 0.4) is 0 Å². The molecule has 0 spiro atoms. The molecule has 0 aromatic carbocycles. The molecule has 0 fully saturated rings. The summed E-state index contributed by atoms with van der Waals surface area (Å²) in [4.78, 5) is 2.34. The van der Waals surface area contributed by atoms with Crippen molar-refractivity contribution in [2.75, 3.05) is 33.9 Å². The second-order valence-corrected chi connectivity index (χ2v) is 14.5. The average Bonchev–Trinajstić information content (AvgIpc) is 3.03. The van der Waals surface area contributed by atoms with Gasteiger partial charge in [-0.3, -0.25) is 0 Å². The molecule has 0 heterocycles. The zero-order valence-corrected chi connectivity index (χ0v) is 31.8. The van der Waals surface area contributed by atoms with Gasteiger partial charge in [0.05, 0.1) is 0 Å². The molecule has 0 N–H and O–H groups in total. The fourth-order valence-corrected chi connectivity index (χ4v) is 6.48. The maximum atomic E-state index is 6.12. The first-order valence-corrected chi connectivity index (χ1v) is 20.7. The molecule has 0 saturated carbocycles. The van der Waals surface area contributed by atoms with Crippen LogP contribution in [0, 0.1) is 5.92 Å². The van der Waals surface area contributed by atoms with E-state index < -0.39 is 0 Å². The van der Waals surface area contributed by atoms with Crippen LogP contribution in [0.4, 0.5) is 0 Å². The molecule has 0 aliphatic rings. The molecule has 268 valence electrons. The summed E-state index contributed by atoms with van der Waals surface area (Å²) in [7, 11) is 4.41. The summed E-state index contributed by atoms with van der Waals surface area (Å²) in [5.74, 6) is 0.855. The van der Waals surface area contributed by atoms with Crippen molar-refractivity contribution >= 4 is 0 Å². The zero-order valence-electron chi connectivity index (χ0n) is 31.8. The summed E-state index contributed by atoms with van der Waals surface area (Å²) >= 11 is 0. The maximum absolute atomic E-state index is 6.12. The van der Waals surface area contributed by atoms with E-state index >= 15 is 0 Å². The molecule has 0 bridgehead atoms. The molecule has 0 amide bonds. The number of unbranched alkanes of at least 4 members (excludes halogenated alkanes) is 23. The van der Waals surface area contributed by atoms with Crippen LogP contribution in [0.15, 0.2) is 24.3 Å². The van der Waals surface area contributed by atoms with Gasteiger partial charge in [0.25, 0.3) is 0 Å². The van der Waals surface area contributed by atoms with Crippen molar-refractivity contribution < 1.29 is 4.74 Å². The van der Waals surface area contributed by atoms with Gasteiger partial charge < -0.3 is 9.64 Å². The van der Waals surface area contributed by atoms with E-state index in [2.05, 4.69) is 57.1 Å². The number of allylic oxidation sites excluding steroid dienone is 4. The summed E-state index contributed by atoms with van der Waals surface area (Å²) in [6.07, 6.45) is 52.4. The molecule has 2 nitrogen and oxygen atoms in total. The van der Waals surface area contributed by atoms with Gasteiger partial charge in [-0.2, -0.15) is 0 Å². The van der Waals surface area contributed by atoms with Crippen molar-refractivity contribution in [3.8, 4) is 0 Å². The van der Waals surface area contributed by atoms with Crippen LogP contribution >= 0.6 is 0 Å². The van der Waals surface area contributed by atoms with E-state index in [4.69, 9.17) is 4.74 Å². The van der Waals surface area contributed by atoms with E-state index in [1.165, 1.54) is 199 Å². The minimum atomic E-state index is 0.855. The number of rotatable bonds is 38. The molecule has 0 aromatic heterocycles. The van der Waals surface area contributed by atoms with Gasteiger partial charge in [-0.25, -0.2) is 0 Å². The van der Waals surface area contributed by atoms with E-state index in [-0.39, 0.29) is 0 Å². The number of ether oxygens (including phenoxy) is 1. The maximum Gasteiger partial charge on any atom is 0.0468 e. The monoisotopic (exact) mass is 632 g/mol. The Morgan fingerprint density at radius 2 is 0.844 bits per heavy atom. The Balaban J connectivity index is 3.66. The lowest BCUT2D eigenvalue weighted by molar-refractivity contribution is 0.112. The van der Waals surface area contributed by atoms with Gasteiger partial charge in [0.1, 0.15) is 0 Å². The molecular formula is C43H85NO. The first-order chi connectivity index (χ1) is 22.2. The Hall–Kier alpha value is -0.600. The molecule has 45 heavy (non-hydrogen) atoms. The van der Waals surface area contributed by atoms with Gasteiger partial charge in [0.2, 0.25) is 0 Å². The van der Waals surface area contributed by atoms with Crippen LogP contribution in [0.25, 0.3) is 0 Å². The van der Waals surface area contributed by atoms with Crippen LogP contribution in [-0.2, 0) is 4.74 Å². The fourth-order valence-electron chi connectivity index (χ4n) is 6.48. The first kappa shape index (κ1) is 44.4. The minimum Gasteiger partial charge on any atom is -0.381 e. The molecule has 1 atom stereocenters. The summed E-state index contributed by atoms with van der Waals surface area (Å²) in [5.41, 5.74) is 0. The second-order valence-electron chi connectivity index (χ2n) is 14.5. The second kappa shape index (κ2) is 39.6. The highest BCUT2D eigenvalue weighted by atomic mass is 16.5. The molecule has 0 aromatic rings. The number of hydrogen-bond donors (Lipinski definition) is 0. The normalized spacial score (nSPS) is 12.8. The van der Waals surface area contributed by atoms with Crippen LogP contribution in [-0.4, -0.2) is 38.8 Å². The highest BCUT2D eigenvalue weighted by Gasteiger charge is 2.09. The summed E-state index contributed by atoms with van der Waals surface area (Å²) < 4.78 is 6.12. The van der Waals surface area contributed by atoms with Crippen LogP contribution in [0.2, 0.25) is 0 Å². The van der Waals surface area contributed by atoms with Crippen molar-refractivity contribution in [1.29, 1.82) is 0 Å².